The minimum atomic E-state index is -1.26. The third-order valence-corrected chi connectivity index (χ3v) is 2.34. The number of amides is 2. The van der Waals surface area contributed by atoms with Crippen LogP contribution in [0.1, 0.15) is 20.3 Å². The van der Waals surface area contributed by atoms with E-state index in [1.54, 1.807) is 6.92 Å². The highest BCUT2D eigenvalue weighted by Crippen LogP contribution is 2.09. The summed E-state index contributed by atoms with van der Waals surface area (Å²) in [6, 6.07) is -0.504. The second-order valence-corrected chi connectivity index (χ2v) is 3.57. The number of hydrogen-bond acceptors (Lipinski definition) is 3. The summed E-state index contributed by atoms with van der Waals surface area (Å²) in [5, 5.41) is 19.9. The lowest BCUT2D eigenvalue weighted by Gasteiger charge is -2.27. The molecular formula is C9H18N2O4. The van der Waals surface area contributed by atoms with E-state index in [9.17, 15) is 9.59 Å². The second-order valence-electron chi connectivity index (χ2n) is 3.57. The van der Waals surface area contributed by atoms with E-state index in [-0.39, 0.29) is 13.2 Å². The largest absolute Gasteiger partial charge is 0.480 e. The number of likely N-dealkylation sites (N-methyl/N-ethyl adjacent to an activating group) is 1. The zero-order valence-corrected chi connectivity index (χ0v) is 9.28. The molecule has 0 aromatic heterocycles. The maximum atomic E-state index is 11.5. The molecular weight excluding hydrogens is 200 g/mol. The lowest BCUT2D eigenvalue weighted by atomic mass is 10.00. The smallest absolute Gasteiger partial charge is 0.329 e. The van der Waals surface area contributed by atoms with Gasteiger partial charge in [-0.1, -0.05) is 6.92 Å². The molecule has 0 radical (unpaired) electrons. The lowest BCUT2D eigenvalue weighted by molar-refractivity contribution is -0.143. The van der Waals surface area contributed by atoms with Crippen molar-refractivity contribution in [3.05, 3.63) is 0 Å². The third-order valence-electron chi connectivity index (χ3n) is 2.34. The summed E-state index contributed by atoms with van der Waals surface area (Å²) in [7, 11) is 1.49. The van der Waals surface area contributed by atoms with Crippen LogP contribution in [0.25, 0.3) is 0 Å². The fourth-order valence-corrected chi connectivity index (χ4v) is 0.876. The molecule has 0 spiro atoms. The first-order chi connectivity index (χ1) is 6.87. The van der Waals surface area contributed by atoms with Crippen LogP contribution in [-0.4, -0.2) is 52.9 Å². The molecule has 0 aliphatic rings. The van der Waals surface area contributed by atoms with Crippen LogP contribution in [-0.2, 0) is 4.79 Å². The first kappa shape index (κ1) is 13.7. The van der Waals surface area contributed by atoms with Gasteiger partial charge in [0, 0.05) is 13.6 Å². The van der Waals surface area contributed by atoms with Gasteiger partial charge in [-0.05, 0) is 13.3 Å². The summed E-state index contributed by atoms with van der Waals surface area (Å²) in [6.07, 6.45) is 0.293. The van der Waals surface area contributed by atoms with Gasteiger partial charge in [0.05, 0.1) is 6.61 Å². The molecule has 0 aromatic carbocycles. The molecule has 0 aromatic rings. The molecule has 0 aliphatic heterocycles. The molecule has 0 rings (SSSR count). The van der Waals surface area contributed by atoms with Crippen LogP contribution in [0.3, 0.4) is 0 Å². The number of urea groups is 1. The van der Waals surface area contributed by atoms with Gasteiger partial charge in [-0.2, -0.15) is 0 Å². The van der Waals surface area contributed by atoms with Crippen LogP contribution in [0.5, 0.6) is 0 Å². The average molecular weight is 218 g/mol. The Hall–Kier alpha value is -1.30. The van der Waals surface area contributed by atoms with Crippen molar-refractivity contribution < 1.29 is 19.8 Å². The fourth-order valence-electron chi connectivity index (χ4n) is 0.876. The van der Waals surface area contributed by atoms with Crippen LogP contribution >= 0.6 is 0 Å². The van der Waals surface area contributed by atoms with Gasteiger partial charge in [-0.15, -0.1) is 0 Å². The molecule has 0 saturated heterocycles. The monoisotopic (exact) mass is 218 g/mol. The molecule has 0 bridgehead atoms. The number of rotatable bonds is 5. The van der Waals surface area contributed by atoms with E-state index in [4.69, 9.17) is 10.2 Å². The van der Waals surface area contributed by atoms with Gasteiger partial charge in [0.25, 0.3) is 0 Å². The summed E-state index contributed by atoms with van der Waals surface area (Å²) in [5.74, 6) is -1.07. The van der Waals surface area contributed by atoms with Crippen LogP contribution < -0.4 is 5.32 Å². The number of carboxylic acids is 1. The van der Waals surface area contributed by atoms with Gasteiger partial charge in [0.2, 0.25) is 0 Å². The van der Waals surface area contributed by atoms with Crippen molar-refractivity contribution in [3.63, 3.8) is 0 Å². The normalized spacial score (nSPS) is 14.1. The second kappa shape index (κ2) is 5.55. The number of aliphatic hydroxyl groups is 1. The predicted octanol–water partition coefficient (Wildman–Crippen LogP) is -0.127. The SMILES string of the molecule is CCC(C)(NC(=O)N(C)CCO)C(=O)O. The molecule has 0 saturated carbocycles. The number of aliphatic carboxylic acids is 1. The Morgan fingerprint density at radius 1 is 1.47 bits per heavy atom. The Labute approximate surface area is 88.9 Å². The molecule has 1 unspecified atom stereocenters. The first-order valence-corrected chi connectivity index (χ1v) is 4.75. The number of carboxylic acid groups (broad SMARTS) is 1. The number of hydrogen-bond donors (Lipinski definition) is 3. The van der Waals surface area contributed by atoms with E-state index >= 15 is 0 Å². The maximum Gasteiger partial charge on any atom is 0.329 e. The zero-order valence-electron chi connectivity index (χ0n) is 9.28. The van der Waals surface area contributed by atoms with Crippen molar-refractivity contribution in [3.8, 4) is 0 Å². The van der Waals surface area contributed by atoms with Crippen molar-refractivity contribution in [2.75, 3.05) is 20.2 Å². The summed E-state index contributed by atoms with van der Waals surface area (Å²) < 4.78 is 0. The van der Waals surface area contributed by atoms with Crippen LogP contribution in [0.15, 0.2) is 0 Å². The molecule has 0 heterocycles. The summed E-state index contributed by atoms with van der Waals surface area (Å²) in [4.78, 5) is 23.6. The zero-order chi connectivity index (χ0) is 12.1. The lowest BCUT2D eigenvalue weighted by Crippen LogP contribution is -2.55. The number of carbonyl (C=O) groups excluding carboxylic acids is 1. The highest BCUT2D eigenvalue weighted by Gasteiger charge is 2.33. The highest BCUT2D eigenvalue weighted by atomic mass is 16.4. The van der Waals surface area contributed by atoms with Gasteiger partial charge in [0.15, 0.2) is 0 Å². The highest BCUT2D eigenvalue weighted by molar-refractivity contribution is 5.85. The van der Waals surface area contributed by atoms with E-state index in [0.717, 1.165) is 0 Å². The minimum absolute atomic E-state index is 0.153. The molecule has 3 N–H and O–H groups in total. The number of nitrogens with zero attached hydrogens (tertiary/aromatic N) is 1. The predicted molar refractivity (Wildman–Crippen MR) is 54.6 cm³/mol. The maximum absolute atomic E-state index is 11.5. The van der Waals surface area contributed by atoms with Gasteiger partial charge < -0.3 is 20.4 Å². The number of nitrogens with one attached hydrogen (secondary N) is 1. The first-order valence-electron chi connectivity index (χ1n) is 4.75. The van der Waals surface area contributed by atoms with Crippen molar-refractivity contribution in [1.29, 1.82) is 0 Å². The number of aliphatic hydroxyl groups excluding tert-OH is 1. The van der Waals surface area contributed by atoms with Gasteiger partial charge >= 0.3 is 12.0 Å². The molecule has 6 heteroatoms. The van der Waals surface area contributed by atoms with Crippen molar-refractivity contribution >= 4 is 12.0 Å². The Bertz CT molecular complexity index is 244. The van der Waals surface area contributed by atoms with Crippen LogP contribution in [0, 0.1) is 0 Å². The average Bonchev–Trinajstić information content (AvgIpc) is 2.17. The van der Waals surface area contributed by atoms with E-state index in [1.165, 1.54) is 18.9 Å². The molecule has 88 valence electrons. The molecule has 1 atom stereocenters. The third kappa shape index (κ3) is 3.75. The Morgan fingerprint density at radius 3 is 2.33 bits per heavy atom. The van der Waals surface area contributed by atoms with Gasteiger partial charge in [-0.3, -0.25) is 0 Å². The van der Waals surface area contributed by atoms with Crippen molar-refractivity contribution in [1.82, 2.24) is 10.2 Å². The summed E-state index contributed by atoms with van der Waals surface area (Å²) >= 11 is 0. The Morgan fingerprint density at radius 2 is 2.00 bits per heavy atom. The van der Waals surface area contributed by atoms with E-state index in [1.807, 2.05) is 0 Å². The molecule has 0 fully saturated rings. The van der Waals surface area contributed by atoms with Crippen LogP contribution in [0.4, 0.5) is 4.79 Å². The summed E-state index contributed by atoms with van der Waals surface area (Å²) in [5.41, 5.74) is -1.26. The number of carbonyl (C=O) groups is 2. The van der Waals surface area contributed by atoms with Crippen molar-refractivity contribution in [2.24, 2.45) is 0 Å². The molecule has 2 amide bonds. The molecule has 15 heavy (non-hydrogen) atoms. The summed E-state index contributed by atoms with van der Waals surface area (Å²) in [6.45, 7) is 3.14. The Balaban J connectivity index is 4.43. The van der Waals surface area contributed by atoms with E-state index in [0.29, 0.717) is 6.42 Å². The molecule has 6 nitrogen and oxygen atoms in total. The minimum Gasteiger partial charge on any atom is -0.480 e. The van der Waals surface area contributed by atoms with Gasteiger partial charge in [0.1, 0.15) is 5.54 Å². The standard InChI is InChI=1S/C9H18N2O4/c1-4-9(2,7(13)14)10-8(15)11(3)5-6-12/h12H,4-6H2,1-3H3,(H,10,15)(H,13,14). The fraction of sp³-hybridized carbons (Fsp3) is 0.778. The van der Waals surface area contributed by atoms with Crippen LogP contribution in [0.2, 0.25) is 0 Å². The van der Waals surface area contributed by atoms with E-state index in [2.05, 4.69) is 5.32 Å². The topological polar surface area (TPSA) is 89.9 Å². The Kier molecular flexibility index (Phi) is 5.07. The quantitative estimate of drug-likeness (QED) is 0.599. The van der Waals surface area contributed by atoms with E-state index < -0.39 is 17.5 Å². The van der Waals surface area contributed by atoms with Crippen molar-refractivity contribution in [2.45, 2.75) is 25.8 Å². The van der Waals surface area contributed by atoms with Gasteiger partial charge in [-0.25, -0.2) is 9.59 Å². The molecule has 0 aliphatic carbocycles.